The number of ether oxygens (including phenoxy) is 1. The van der Waals surface area contributed by atoms with Crippen molar-refractivity contribution in [2.24, 2.45) is 0 Å². The van der Waals surface area contributed by atoms with Crippen molar-refractivity contribution in [3.05, 3.63) is 70.2 Å². The molecule has 10 nitrogen and oxygen atoms in total. The molecule has 0 radical (unpaired) electrons. The predicted octanol–water partition coefficient (Wildman–Crippen LogP) is 3.81. The second-order valence-electron chi connectivity index (χ2n) is 9.20. The maximum absolute atomic E-state index is 13.6. The van der Waals surface area contributed by atoms with Crippen LogP contribution in [0.2, 0.25) is 0 Å². The van der Waals surface area contributed by atoms with Crippen LogP contribution in [0.25, 0.3) is 0 Å². The summed E-state index contributed by atoms with van der Waals surface area (Å²) in [6, 6.07) is 10.1. The van der Waals surface area contributed by atoms with Crippen molar-refractivity contribution >= 4 is 38.4 Å². The lowest BCUT2D eigenvalue weighted by Crippen LogP contribution is -2.60. The van der Waals surface area contributed by atoms with Crippen molar-refractivity contribution in [1.82, 2.24) is 14.6 Å². The van der Waals surface area contributed by atoms with Gasteiger partial charge in [0.2, 0.25) is 15.9 Å². The van der Waals surface area contributed by atoms with Crippen molar-refractivity contribution < 1.29 is 41.0 Å². The molecule has 0 saturated carbocycles. The molecule has 0 aliphatic carbocycles. The van der Waals surface area contributed by atoms with Gasteiger partial charge < -0.3 is 20.1 Å². The summed E-state index contributed by atoms with van der Waals surface area (Å²) in [6.45, 7) is 3.51. The average molecular weight is 613 g/mol. The normalized spacial score (nSPS) is 16.4. The van der Waals surface area contributed by atoms with Crippen LogP contribution >= 0.6 is 11.3 Å². The smallest absolute Gasteiger partial charge is 0.477 e. The first kappa shape index (κ1) is 30.3. The summed E-state index contributed by atoms with van der Waals surface area (Å²) < 4.78 is 69.7. The van der Waals surface area contributed by atoms with Crippen LogP contribution in [0.1, 0.15) is 33.4 Å². The van der Waals surface area contributed by atoms with E-state index in [0.717, 1.165) is 57.5 Å². The quantitative estimate of drug-likeness (QED) is 0.374. The number of sulfonamides is 1. The number of hydrogen-bond donors (Lipinski definition) is 2. The molecule has 4 rings (SSSR count). The summed E-state index contributed by atoms with van der Waals surface area (Å²) in [6.07, 6.45) is -4.09. The van der Waals surface area contributed by atoms with Gasteiger partial charge in [-0.3, -0.25) is 4.79 Å². The summed E-state index contributed by atoms with van der Waals surface area (Å²) in [5, 5.41) is 12.5. The number of carboxylic acid groups (broad SMARTS) is 1. The molecular formula is C26H27F3N4O6S2. The van der Waals surface area contributed by atoms with Gasteiger partial charge in [-0.1, -0.05) is 42.5 Å². The Labute approximate surface area is 238 Å². The molecule has 0 bridgehead atoms. The van der Waals surface area contributed by atoms with E-state index in [4.69, 9.17) is 0 Å². The van der Waals surface area contributed by atoms with Gasteiger partial charge in [-0.15, -0.1) is 13.2 Å². The molecule has 1 aromatic heterocycles. The lowest BCUT2D eigenvalue weighted by atomic mass is 10.1. The number of carbonyl (C=O) groups is 2. The summed E-state index contributed by atoms with van der Waals surface area (Å²) in [4.78, 5) is 30.6. The minimum Gasteiger partial charge on any atom is -0.477 e. The number of alkyl halides is 3. The predicted molar refractivity (Wildman–Crippen MR) is 144 cm³/mol. The Balaban J connectivity index is 1.60. The fraction of sp³-hybridized carbons (Fsp3) is 0.346. The first-order valence-corrected chi connectivity index (χ1v) is 14.7. The number of hydrogen-bond acceptors (Lipinski definition) is 8. The highest BCUT2D eigenvalue weighted by Crippen LogP contribution is 2.31. The molecule has 2 aromatic carbocycles. The van der Waals surface area contributed by atoms with E-state index in [0.29, 0.717) is 10.8 Å². The minimum atomic E-state index is -4.94. The van der Waals surface area contributed by atoms with Crippen LogP contribution in [0.3, 0.4) is 0 Å². The Morgan fingerprint density at radius 3 is 2.29 bits per heavy atom. The molecule has 1 saturated heterocycles. The summed E-state index contributed by atoms with van der Waals surface area (Å²) in [7, 11) is -4.33. The lowest BCUT2D eigenvalue weighted by Gasteiger charge is -2.39. The zero-order valence-electron chi connectivity index (χ0n) is 22.0. The molecule has 1 aliphatic heterocycles. The van der Waals surface area contributed by atoms with Crippen molar-refractivity contribution in [3.8, 4) is 5.75 Å². The number of nitrogens with zero attached hydrogens (tertiary/aromatic N) is 3. The Morgan fingerprint density at radius 1 is 1.10 bits per heavy atom. The summed E-state index contributed by atoms with van der Waals surface area (Å²) in [5.74, 6) is -2.33. The van der Waals surface area contributed by atoms with Gasteiger partial charge in [0.05, 0.1) is 10.6 Å². The van der Waals surface area contributed by atoms with E-state index in [1.54, 1.807) is 11.8 Å². The SMILES string of the molecule is CCc1ccc(CNC(=O)[C@H]2CN(c3nc(C)c(C(=O)O)s3)CCN2S(=O)(=O)c2ccc(OC(F)(F)F)cc2)cc1. The molecule has 0 spiro atoms. The Morgan fingerprint density at radius 2 is 1.73 bits per heavy atom. The van der Waals surface area contributed by atoms with Gasteiger partial charge >= 0.3 is 12.3 Å². The number of aromatic nitrogens is 1. The van der Waals surface area contributed by atoms with Crippen molar-refractivity contribution in [2.45, 2.75) is 44.1 Å². The van der Waals surface area contributed by atoms with Crippen LogP contribution in [-0.4, -0.2) is 66.7 Å². The molecule has 0 unspecified atom stereocenters. The standard InChI is InChI=1S/C26H27F3N4O6S2/c1-3-17-4-6-18(7-5-17)14-30-23(34)21-15-32(25-31-16(2)22(40-25)24(35)36)12-13-33(21)41(37,38)20-10-8-19(9-11-20)39-26(27,28)29/h4-11,21H,3,12-15H2,1-2H3,(H,30,34)(H,35,36)/t21-/m1/s1. The van der Waals surface area contributed by atoms with E-state index in [1.807, 2.05) is 31.2 Å². The molecule has 15 heteroatoms. The van der Waals surface area contributed by atoms with Gasteiger partial charge in [-0.2, -0.15) is 4.31 Å². The molecule has 41 heavy (non-hydrogen) atoms. The molecule has 2 N–H and O–H groups in total. The van der Waals surface area contributed by atoms with Gasteiger partial charge in [0, 0.05) is 26.2 Å². The van der Waals surface area contributed by atoms with Crippen LogP contribution in [0, 0.1) is 6.92 Å². The maximum atomic E-state index is 13.6. The summed E-state index contributed by atoms with van der Waals surface area (Å²) in [5.41, 5.74) is 2.22. The molecule has 220 valence electrons. The minimum absolute atomic E-state index is 0.0349. The number of aromatic carboxylic acids is 1. The van der Waals surface area contributed by atoms with Gasteiger partial charge in [-0.25, -0.2) is 18.2 Å². The van der Waals surface area contributed by atoms with Crippen LogP contribution in [0.5, 0.6) is 5.75 Å². The third kappa shape index (κ3) is 7.15. The Hall–Kier alpha value is -3.69. The van der Waals surface area contributed by atoms with E-state index in [2.05, 4.69) is 15.0 Å². The van der Waals surface area contributed by atoms with E-state index in [9.17, 15) is 36.3 Å². The highest BCUT2D eigenvalue weighted by Gasteiger charge is 2.41. The number of piperazine rings is 1. The first-order chi connectivity index (χ1) is 19.3. The van der Waals surface area contributed by atoms with E-state index in [1.165, 1.54) is 0 Å². The van der Waals surface area contributed by atoms with E-state index < -0.39 is 40.1 Å². The fourth-order valence-corrected chi connectivity index (χ4v) is 6.82. The highest BCUT2D eigenvalue weighted by molar-refractivity contribution is 7.89. The zero-order chi connectivity index (χ0) is 29.9. The Kier molecular flexibility index (Phi) is 8.89. The number of amides is 1. The van der Waals surface area contributed by atoms with Crippen molar-refractivity contribution in [3.63, 3.8) is 0 Å². The first-order valence-electron chi connectivity index (χ1n) is 12.5. The van der Waals surface area contributed by atoms with Crippen LogP contribution in [0.15, 0.2) is 53.4 Å². The largest absolute Gasteiger partial charge is 0.573 e. The number of carbonyl (C=O) groups excluding carboxylic acids is 1. The van der Waals surface area contributed by atoms with Crippen molar-refractivity contribution in [2.75, 3.05) is 24.5 Å². The molecule has 1 amide bonds. The third-order valence-corrected chi connectivity index (χ3v) is 9.57. The van der Waals surface area contributed by atoms with Gasteiger partial charge in [0.1, 0.15) is 16.7 Å². The fourth-order valence-electron chi connectivity index (χ4n) is 4.31. The van der Waals surface area contributed by atoms with Gasteiger partial charge in [0.15, 0.2) is 5.13 Å². The number of benzene rings is 2. The second-order valence-corrected chi connectivity index (χ2v) is 12.1. The van der Waals surface area contributed by atoms with E-state index in [-0.39, 0.29) is 36.0 Å². The maximum Gasteiger partial charge on any atom is 0.573 e. The van der Waals surface area contributed by atoms with Crippen LogP contribution in [0.4, 0.5) is 18.3 Å². The zero-order valence-corrected chi connectivity index (χ0v) is 23.6. The number of anilines is 1. The van der Waals surface area contributed by atoms with E-state index >= 15 is 0 Å². The number of carboxylic acids is 1. The molecule has 2 heterocycles. The van der Waals surface area contributed by atoms with Gasteiger partial charge in [-0.05, 0) is 48.7 Å². The molecular weight excluding hydrogens is 585 g/mol. The second kappa shape index (κ2) is 12.0. The third-order valence-electron chi connectivity index (χ3n) is 6.45. The molecule has 1 atom stereocenters. The molecule has 1 fully saturated rings. The Bertz CT molecular complexity index is 1510. The number of rotatable bonds is 9. The average Bonchev–Trinajstić information content (AvgIpc) is 3.33. The monoisotopic (exact) mass is 612 g/mol. The number of nitrogens with one attached hydrogen (secondary N) is 1. The molecule has 1 aliphatic rings. The highest BCUT2D eigenvalue weighted by atomic mass is 32.2. The number of aryl methyl sites for hydroxylation is 2. The summed E-state index contributed by atoms with van der Waals surface area (Å²) >= 11 is 0.922. The van der Waals surface area contributed by atoms with Gasteiger partial charge in [0.25, 0.3) is 0 Å². The lowest BCUT2D eigenvalue weighted by molar-refractivity contribution is -0.274. The van der Waals surface area contributed by atoms with Crippen LogP contribution in [-0.2, 0) is 27.8 Å². The number of thiazole rings is 1. The number of halogens is 3. The van der Waals surface area contributed by atoms with Crippen LogP contribution < -0.4 is 15.0 Å². The van der Waals surface area contributed by atoms with Crippen molar-refractivity contribution in [1.29, 1.82) is 0 Å². The topological polar surface area (TPSA) is 129 Å². The molecule has 3 aromatic rings.